The van der Waals surface area contributed by atoms with Crippen LogP contribution in [-0.4, -0.2) is 38.1 Å². The smallest absolute Gasteiger partial charge is 0.269 e. The van der Waals surface area contributed by atoms with E-state index in [0.29, 0.717) is 5.56 Å². The molecule has 0 aliphatic carbocycles. The van der Waals surface area contributed by atoms with Crippen molar-refractivity contribution in [3.05, 3.63) is 65.5 Å². The highest BCUT2D eigenvalue weighted by atomic mass is 32.2. The van der Waals surface area contributed by atoms with Gasteiger partial charge in [0.05, 0.1) is 23.1 Å². The Labute approximate surface area is 155 Å². The van der Waals surface area contributed by atoms with Crippen molar-refractivity contribution in [1.82, 2.24) is 15.2 Å². The van der Waals surface area contributed by atoms with Crippen molar-refractivity contribution in [3.63, 3.8) is 0 Å². The van der Waals surface area contributed by atoms with Gasteiger partial charge in [-0.05, 0) is 48.5 Å². The molecule has 0 aliphatic heterocycles. The molecule has 140 valence electrons. The summed E-state index contributed by atoms with van der Waals surface area (Å²) in [5, 5.41) is 8.74. The first-order valence-corrected chi connectivity index (χ1v) is 8.99. The van der Waals surface area contributed by atoms with E-state index in [-0.39, 0.29) is 10.5 Å². The molecule has 10 heteroatoms. The third-order valence-corrected chi connectivity index (χ3v) is 5.30. The van der Waals surface area contributed by atoms with E-state index in [0.717, 1.165) is 16.4 Å². The van der Waals surface area contributed by atoms with Crippen LogP contribution in [0.25, 0.3) is 0 Å². The van der Waals surface area contributed by atoms with Crippen LogP contribution in [0.2, 0.25) is 0 Å². The zero-order valence-corrected chi connectivity index (χ0v) is 15.0. The summed E-state index contributed by atoms with van der Waals surface area (Å²) in [6, 6.07) is 11.8. The highest BCUT2D eigenvalue weighted by molar-refractivity contribution is 7.89. The summed E-state index contributed by atoms with van der Waals surface area (Å²) >= 11 is 0. The van der Waals surface area contributed by atoms with Crippen molar-refractivity contribution in [1.29, 1.82) is 5.26 Å². The Hall–Kier alpha value is -3.29. The van der Waals surface area contributed by atoms with Crippen molar-refractivity contribution in [2.24, 2.45) is 0 Å². The van der Waals surface area contributed by atoms with Crippen LogP contribution < -0.4 is 10.9 Å². The molecule has 27 heavy (non-hydrogen) atoms. The lowest BCUT2D eigenvalue weighted by molar-refractivity contribution is -0.121. The van der Waals surface area contributed by atoms with Crippen LogP contribution in [0, 0.1) is 17.1 Å². The molecule has 0 bridgehead atoms. The molecule has 0 unspecified atom stereocenters. The summed E-state index contributed by atoms with van der Waals surface area (Å²) in [4.78, 5) is 23.6. The van der Waals surface area contributed by atoms with Gasteiger partial charge in [0, 0.05) is 12.6 Å². The first-order chi connectivity index (χ1) is 12.7. The van der Waals surface area contributed by atoms with E-state index in [1.807, 2.05) is 6.07 Å². The van der Waals surface area contributed by atoms with Gasteiger partial charge in [0.15, 0.2) is 0 Å². The second kappa shape index (κ2) is 8.39. The van der Waals surface area contributed by atoms with Crippen LogP contribution in [0.5, 0.6) is 0 Å². The lowest BCUT2D eigenvalue weighted by atomic mass is 10.2. The maximum atomic E-state index is 12.8. The molecule has 0 atom stereocenters. The molecule has 2 amide bonds. The number of halogens is 1. The topological polar surface area (TPSA) is 119 Å². The van der Waals surface area contributed by atoms with Gasteiger partial charge in [-0.3, -0.25) is 20.4 Å². The normalized spacial score (nSPS) is 10.9. The average molecular weight is 390 g/mol. The Kier molecular flexibility index (Phi) is 6.23. The zero-order valence-electron chi connectivity index (χ0n) is 14.1. The molecule has 0 aliphatic rings. The summed E-state index contributed by atoms with van der Waals surface area (Å²) < 4.78 is 38.4. The number of hydrazine groups is 1. The second-order valence-electron chi connectivity index (χ2n) is 5.41. The second-order valence-corrected chi connectivity index (χ2v) is 7.45. The SMILES string of the molecule is CN(CC(=O)NNC(=O)c1ccc(F)cc1)S(=O)(=O)c1ccc(C#N)cc1. The minimum Gasteiger partial charge on any atom is -0.272 e. The molecule has 0 radical (unpaired) electrons. The van der Waals surface area contributed by atoms with Crippen molar-refractivity contribution in [3.8, 4) is 6.07 Å². The molecule has 2 N–H and O–H groups in total. The van der Waals surface area contributed by atoms with Crippen molar-refractivity contribution >= 4 is 21.8 Å². The Morgan fingerprint density at radius 2 is 1.67 bits per heavy atom. The Morgan fingerprint density at radius 3 is 2.22 bits per heavy atom. The van der Waals surface area contributed by atoms with Gasteiger partial charge in [-0.2, -0.15) is 9.57 Å². The fraction of sp³-hybridized carbons (Fsp3) is 0.118. The Bertz CT molecular complexity index is 983. The van der Waals surface area contributed by atoms with Gasteiger partial charge < -0.3 is 0 Å². The lowest BCUT2D eigenvalue weighted by Crippen LogP contribution is -2.46. The summed E-state index contributed by atoms with van der Waals surface area (Å²) in [6.07, 6.45) is 0. The lowest BCUT2D eigenvalue weighted by Gasteiger charge is -2.17. The van der Waals surface area contributed by atoms with Crippen molar-refractivity contribution in [2.75, 3.05) is 13.6 Å². The maximum Gasteiger partial charge on any atom is 0.269 e. The van der Waals surface area contributed by atoms with Gasteiger partial charge in [-0.1, -0.05) is 0 Å². The quantitative estimate of drug-likeness (QED) is 0.731. The van der Waals surface area contributed by atoms with Gasteiger partial charge in [0.2, 0.25) is 10.0 Å². The molecule has 2 rings (SSSR count). The molecular weight excluding hydrogens is 375 g/mol. The summed E-state index contributed by atoms with van der Waals surface area (Å²) in [5.41, 5.74) is 4.62. The van der Waals surface area contributed by atoms with E-state index >= 15 is 0 Å². The van der Waals surface area contributed by atoms with Gasteiger partial charge in [-0.15, -0.1) is 0 Å². The van der Waals surface area contributed by atoms with Crippen LogP contribution in [0.1, 0.15) is 15.9 Å². The number of benzene rings is 2. The van der Waals surface area contributed by atoms with E-state index in [9.17, 15) is 22.4 Å². The molecule has 0 spiro atoms. The van der Waals surface area contributed by atoms with Crippen LogP contribution >= 0.6 is 0 Å². The van der Waals surface area contributed by atoms with Gasteiger partial charge in [-0.25, -0.2) is 12.8 Å². The summed E-state index contributed by atoms with van der Waals surface area (Å²) in [5.74, 6) is -1.96. The number of hydrogen-bond donors (Lipinski definition) is 2. The maximum absolute atomic E-state index is 12.8. The number of nitrogens with zero attached hydrogens (tertiary/aromatic N) is 2. The largest absolute Gasteiger partial charge is 0.272 e. The molecular formula is C17H15FN4O4S. The number of carbonyl (C=O) groups excluding carboxylic acids is 2. The Balaban J connectivity index is 1.94. The third kappa shape index (κ3) is 5.10. The number of rotatable bonds is 5. The molecule has 2 aromatic rings. The highest BCUT2D eigenvalue weighted by Gasteiger charge is 2.23. The van der Waals surface area contributed by atoms with Crippen LogP contribution in [-0.2, 0) is 14.8 Å². The summed E-state index contributed by atoms with van der Waals surface area (Å²) in [7, 11) is -2.74. The molecule has 2 aromatic carbocycles. The zero-order chi connectivity index (χ0) is 20.0. The van der Waals surface area contributed by atoms with Crippen LogP contribution in [0.3, 0.4) is 0 Å². The first-order valence-electron chi connectivity index (χ1n) is 7.55. The fourth-order valence-electron chi connectivity index (χ4n) is 2.01. The van der Waals surface area contributed by atoms with E-state index in [1.54, 1.807) is 0 Å². The van der Waals surface area contributed by atoms with E-state index < -0.39 is 34.2 Å². The van der Waals surface area contributed by atoms with E-state index in [2.05, 4.69) is 10.9 Å². The predicted octanol–water partition coefficient (Wildman–Crippen LogP) is 0.779. The average Bonchev–Trinajstić information content (AvgIpc) is 2.66. The predicted molar refractivity (Wildman–Crippen MR) is 93.0 cm³/mol. The molecule has 8 nitrogen and oxygen atoms in total. The number of hydrogen-bond acceptors (Lipinski definition) is 5. The minimum absolute atomic E-state index is 0.0767. The van der Waals surface area contributed by atoms with Gasteiger partial charge >= 0.3 is 0 Å². The number of amides is 2. The molecule has 0 saturated heterocycles. The molecule has 0 heterocycles. The van der Waals surface area contributed by atoms with Gasteiger partial charge in [0.25, 0.3) is 11.8 Å². The number of likely N-dealkylation sites (N-methyl/N-ethyl adjacent to an activating group) is 1. The molecule has 0 saturated carbocycles. The highest BCUT2D eigenvalue weighted by Crippen LogP contribution is 2.14. The van der Waals surface area contributed by atoms with E-state index in [4.69, 9.17) is 5.26 Å². The molecule has 0 aromatic heterocycles. The minimum atomic E-state index is -3.95. The summed E-state index contributed by atoms with van der Waals surface area (Å²) in [6.45, 7) is -0.550. The molecule has 0 fully saturated rings. The van der Waals surface area contributed by atoms with Crippen LogP contribution in [0.15, 0.2) is 53.4 Å². The van der Waals surface area contributed by atoms with Gasteiger partial charge in [0.1, 0.15) is 5.82 Å². The van der Waals surface area contributed by atoms with Crippen LogP contribution in [0.4, 0.5) is 4.39 Å². The standard InChI is InChI=1S/C17H15FN4O4S/c1-22(27(25,26)15-8-2-12(10-19)3-9-15)11-16(23)20-21-17(24)13-4-6-14(18)7-5-13/h2-9H,11H2,1H3,(H,20,23)(H,21,24). The first kappa shape index (κ1) is 20.0. The third-order valence-electron chi connectivity index (χ3n) is 3.48. The number of sulfonamides is 1. The number of nitriles is 1. The fourth-order valence-corrected chi connectivity index (χ4v) is 3.14. The van der Waals surface area contributed by atoms with E-state index in [1.165, 1.54) is 43.4 Å². The number of carbonyl (C=O) groups is 2. The van der Waals surface area contributed by atoms with Crippen molar-refractivity contribution in [2.45, 2.75) is 4.90 Å². The monoisotopic (exact) mass is 390 g/mol. The van der Waals surface area contributed by atoms with Crippen molar-refractivity contribution < 1.29 is 22.4 Å². The Morgan fingerprint density at radius 1 is 1.07 bits per heavy atom. The number of nitrogens with one attached hydrogen (secondary N) is 2.